The first-order valence-corrected chi connectivity index (χ1v) is 12.9. The number of amides is 1. The zero-order valence-electron chi connectivity index (χ0n) is 17.3. The normalized spacial score (nSPS) is 12.3. The molecule has 0 saturated heterocycles. The van der Waals surface area contributed by atoms with Gasteiger partial charge in [0.05, 0.1) is 18.6 Å². The quantitative estimate of drug-likeness (QED) is 0.503. The number of benzene rings is 2. The lowest BCUT2D eigenvalue weighted by Gasteiger charge is -2.28. The number of carbonyl (C=O) groups is 1. The molecule has 1 atom stereocenters. The first-order chi connectivity index (χ1) is 14.2. The van der Waals surface area contributed by atoms with Crippen LogP contribution in [0.5, 0.6) is 5.75 Å². The zero-order valence-corrected chi connectivity index (χ0v) is 19.7. The largest absolute Gasteiger partial charge is 0.494 e. The number of anilines is 1. The van der Waals surface area contributed by atoms with Gasteiger partial charge in [0.25, 0.3) is 0 Å². The van der Waals surface area contributed by atoms with Gasteiger partial charge in [0.1, 0.15) is 11.8 Å². The van der Waals surface area contributed by atoms with Crippen LogP contribution in [0.3, 0.4) is 0 Å². The Bertz CT molecular complexity index is 919. The van der Waals surface area contributed by atoms with Gasteiger partial charge in [-0.05, 0) is 55.8 Å². The molecule has 9 heteroatoms. The van der Waals surface area contributed by atoms with Gasteiger partial charge in [-0.25, -0.2) is 8.42 Å². The minimum absolute atomic E-state index is 0.346. The van der Waals surface area contributed by atoms with Crippen molar-refractivity contribution in [3.8, 4) is 5.75 Å². The molecule has 0 aliphatic heterocycles. The molecule has 30 heavy (non-hydrogen) atoms. The van der Waals surface area contributed by atoms with Crippen molar-refractivity contribution in [2.45, 2.75) is 25.6 Å². The van der Waals surface area contributed by atoms with Crippen LogP contribution in [0.25, 0.3) is 0 Å². The Morgan fingerprint density at radius 3 is 2.37 bits per heavy atom. The molecule has 0 aliphatic carbocycles. The number of hydrogen-bond acceptors (Lipinski definition) is 5. The zero-order chi connectivity index (χ0) is 22.1. The molecule has 2 aromatic carbocycles. The summed E-state index contributed by atoms with van der Waals surface area (Å²) in [4.78, 5) is 12.6. The molecule has 0 radical (unpaired) electrons. The highest BCUT2D eigenvalue weighted by molar-refractivity contribution is 7.98. The molecule has 6 nitrogen and oxygen atoms in total. The Balaban J connectivity index is 1.91. The molecule has 1 N–H and O–H groups in total. The monoisotopic (exact) mass is 470 g/mol. The number of sulfonamides is 1. The van der Waals surface area contributed by atoms with Crippen molar-refractivity contribution in [2.24, 2.45) is 0 Å². The third-order valence-corrected chi connectivity index (χ3v) is 6.74. The predicted octanol–water partition coefficient (Wildman–Crippen LogP) is 3.94. The number of thioether (sulfide) groups is 1. The number of nitrogens with one attached hydrogen (secondary N) is 1. The summed E-state index contributed by atoms with van der Waals surface area (Å²) in [5.74, 6) is 1.82. The van der Waals surface area contributed by atoms with Gasteiger partial charge in [0.2, 0.25) is 15.9 Å². The molecule has 0 aromatic heterocycles. The Kier molecular flexibility index (Phi) is 9.33. The number of halogens is 1. The van der Waals surface area contributed by atoms with Crippen LogP contribution >= 0.6 is 23.4 Å². The van der Waals surface area contributed by atoms with E-state index in [0.29, 0.717) is 35.4 Å². The molecular formula is C21H27ClN2O4S2. The predicted molar refractivity (Wildman–Crippen MR) is 125 cm³/mol. The highest BCUT2D eigenvalue weighted by atomic mass is 35.5. The third-order valence-electron chi connectivity index (χ3n) is 4.22. The molecule has 0 aliphatic rings. The third kappa shape index (κ3) is 7.41. The van der Waals surface area contributed by atoms with Gasteiger partial charge in [-0.15, -0.1) is 0 Å². The first kappa shape index (κ1) is 24.4. The number of rotatable bonds is 11. The maximum atomic E-state index is 12.6. The summed E-state index contributed by atoms with van der Waals surface area (Å²) in [6, 6.07) is 13.4. The molecule has 2 rings (SSSR count). The van der Waals surface area contributed by atoms with Gasteiger partial charge >= 0.3 is 0 Å². The Hall–Kier alpha value is -1.90. The second-order valence-corrected chi connectivity index (χ2v) is 10.0. The summed E-state index contributed by atoms with van der Waals surface area (Å²) in [6.45, 7) is 4.41. The van der Waals surface area contributed by atoms with E-state index in [-0.39, 0.29) is 5.91 Å². The molecule has 0 fully saturated rings. The Labute approximate surface area is 188 Å². The van der Waals surface area contributed by atoms with Gasteiger partial charge in [-0.1, -0.05) is 23.7 Å². The summed E-state index contributed by atoms with van der Waals surface area (Å²) in [5.41, 5.74) is 1.57. The maximum Gasteiger partial charge on any atom is 0.243 e. The van der Waals surface area contributed by atoms with E-state index in [2.05, 4.69) is 5.32 Å². The Morgan fingerprint density at radius 2 is 1.80 bits per heavy atom. The fourth-order valence-corrected chi connectivity index (χ4v) is 4.95. The smallest absolute Gasteiger partial charge is 0.243 e. The van der Waals surface area contributed by atoms with Gasteiger partial charge in [-0.3, -0.25) is 9.10 Å². The van der Waals surface area contributed by atoms with Crippen molar-refractivity contribution in [3.63, 3.8) is 0 Å². The van der Waals surface area contributed by atoms with Crippen LogP contribution in [-0.2, 0) is 20.6 Å². The molecule has 0 spiro atoms. The molecule has 1 amide bonds. The van der Waals surface area contributed by atoms with Gasteiger partial charge in [0.15, 0.2) is 0 Å². The van der Waals surface area contributed by atoms with Crippen molar-refractivity contribution in [3.05, 3.63) is 59.1 Å². The minimum atomic E-state index is -3.65. The van der Waals surface area contributed by atoms with E-state index < -0.39 is 16.1 Å². The molecule has 0 saturated carbocycles. The van der Waals surface area contributed by atoms with Crippen molar-refractivity contribution in [1.82, 2.24) is 5.32 Å². The average Bonchev–Trinajstić information content (AvgIpc) is 2.69. The van der Waals surface area contributed by atoms with Crippen LogP contribution in [0, 0.1) is 0 Å². The van der Waals surface area contributed by atoms with Gasteiger partial charge in [0, 0.05) is 23.1 Å². The van der Waals surface area contributed by atoms with E-state index in [1.165, 1.54) is 0 Å². The standard InChI is InChI=1S/C21H27ClN2O4S2/c1-4-28-20-11-9-19(10-12-20)24(30(3,26)27)16(2)21(25)23-13-14-29-15-17-5-7-18(22)8-6-17/h5-12,16H,4,13-15H2,1-3H3,(H,23,25)/t16-/m0/s1. The first-order valence-electron chi connectivity index (χ1n) is 9.54. The van der Waals surface area contributed by atoms with Crippen LogP contribution in [0.2, 0.25) is 5.02 Å². The molecule has 0 bridgehead atoms. The molecular weight excluding hydrogens is 444 g/mol. The van der Waals surface area contributed by atoms with Crippen LogP contribution < -0.4 is 14.4 Å². The SMILES string of the molecule is CCOc1ccc(N([C@@H](C)C(=O)NCCSCc2ccc(Cl)cc2)S(C)(=O)=O)cc1. The number of carbonyl (C=O) groups excluding carboxylic acids is 1. The highest BCUT2D eigenvalue weighted by Crippen LogP contribution is 2.24. The Morgan fingerprint density at radius 1 is 1.17 bits per heavy atom. The van der Waals surface area contributed by atoms with Crippen molar-refractivity contribution in [2.75, 3.05) is 29.5 Å². The second kappa shape index (κ2) is 11.5. The van der Waals surface area contributed by atoms with Gasteiger partial charge < -0.3 is 10.1 Å². The number of hydrogen-bond donors (Lipinski definition) is 1. The van der Waals surface area contributed by atoms with E-state index in [0.717, 1.165) is 21.9 Å². The lowest BCUT2D eigenvalue weighted by Crippen LogP contribution is -2.48. The van der Waals surface area contributed by atoms with E-state index in [1.54, 1.807) is 43.0 Å². The fourth-order valence-electron chi connectivity index (χ4n) is 2.83. The molecule has 164 valence electrons. The van der Waals surface area contributed by atoms with Crippen LogP contribution in [-0.4, -0.2) is 45.5 Å². The number of nitrogens with zero attached hydrogens (tertiary/aromatic N) is 1. The summed E-state index contributed by atoms with van der Waals surface area (Å²) < 4.78 is 31.2. The van der Waals surface area contributed by atoms with Crippen LogP contribution in [0.15, 0.2) is 48.5 Å². The highest BCUT2D eigenvalue weighted by Gasteiger charge is 2.28. The molecule has 0 heterocycles. The number of ether oxygens (including phenoxy) is 1. The van der Waals surface area contributed by atoms with Crippen molar-refractivity contribution in [1.29, 1.82) is 0 Å². The van der Waals surface area contributed by atoms with E-state index in [1.807, 2.05) is 31.2 Å². The summed E-state index contributed by atoms with van der Waals surface area (Å²) in [5, 5.41) is 3.52. The topological polar surface area (TPSA) is 75.7 Å². The van der Waals surface area contributed by atoms with Crippen LogP contribution in [0.4, 0.5) is 5.69 Å². The van der Waals surface area contributed by atoms with E-state index >= 15 is 0 Å². The lowest BCUT2D eigenvalue weighted by molar-refractivity contribution is -0.121. The average molecular weight is 471 g/mol. The van der Waals surface area contributed by atoms with Crippen molar-refractivity contribution < 1.29 is 17.9 Å². The minimum Gasteiger partial charge on any atom is -0.494 e. The summed E-state index contributed by atoms with van der Waals surface area (Å²) in [7, 11) is -3.65. The fraction of sp³-hybridized carbons (Fsp3) is 0.381. The second-order valence-electron chi connectivity index (χ2n) is 6.63. The molecule has 2 aromatic rings. The molecule has 0 unspecified atom stereocenters. The lowest BCUT2D eigenvalue weighted by atomic mass is 10.2. The van der Waals surface area contributed by atoms with E-state index in [4.69, 9.17) is 16.3 Å². The van der Waals surface area contributed by atoms with E-state index in [9.17, 15) is 13.2 Å². The summed E-state index contributed by atoms with van der Waals surface area (Å²) >= 11 is 7.56. The van der Waals surface area contributed by atoms with Gasteiger partial charge in [-0.2, -0.15) is 11.8 Å². The van der Waals surface area contributed by atoms with Crippen molar-refractivity contribution >= 4 is 45.0 Å². The summed E-state index contributed by atoms with van der Waals surface area (Å²) in [6.07, 6.45) is 1.09. The van der Waals surface area contributed by atoms with Crippen LogP contribution in [0.1, 0.15) is 19.4 Å². The maximum absolute atomic E-state index is 12.6.